The Balaban J connectivity index is 4.66. The lowest BCUT2D eigenvalue weighted by molar-refractivity contribution is -0.142. The Morgan fingerprint density at radius 3 is 2.20 bits per heavy atom. The SMILES string of the molecule is COC(=O)C(=CNC(=O)O)OC(C)(C)C. The van der Waals surface area contributed by atoms with E-state index < -0.39 is 17.7 Å². The summed E-state index contributed by atoms with van der Waals surface area (Å²) in [6.07, 6.45) is -0.340. The van der Waals surface area contributed by atoms with Crippen LogP contribution in [0.1, 0.15) is 20.8 Å². The zero-order chi connectivity index (χ0) is 12.1. The molecule has 0 saturated heterocycles. The molecule has 2 N–H and O–H groups in total. The number of methoxy groups -OCH3 is 1. The first-order valence-corrected chi connectivity index (χ1v) is 4.23. The van der Waals surface area contributed by atoms with E-state index in [9.17, 15) is 9.59 Å². The Morgan fingerprint density at radius 1 is 1.33 bits per heavy atom. The first-order chi connectivity index (χ1) is 6.76. The van der Waals surface area contributed by atoms with E-state index in [-0.39, 0.29) is 5.76 Å². The van der Waals surface area contributed by atoms with Crippen LogP contribution in [-0.2, 0) is 14.3 Å². The number of hydrogen-bond donors (Lipinski definition) is 2. The third kappa shape index (κ3) is 6.36. The standard InChI is InChI=1S/C9H15NO5/c1-9(2,3)15-6(7(11)14-4)5-10-8(12)13/h5,10H,1-4H3,(H,12,13). The molecular formula is C9H15NO5. The number of carbonyl (C=O) groups is 2. The van der Waals surface area contributed by atoms with Crippen molar-refractivity contribution in [3.8, 4) is 0 Å². The second kappa shape index (κ2) is 5.23. The molecule has 6 nitrogen and oxygen atoms in total. The number of nitrogens with one attached hydrogen (secondary N) is 1. The van der Waals surface area contributed by atoms with Crippen molar-refractivity contribution in [2.45, 2.75) is 26.4 Å². The van der Waals surface area contributed by atoms with Gasteiger partial charge in [-0.1, -0.05) is 0 Å². The smallest absolute Gasteiger partial charge is 0.408 e. The summed E-state index contributed by atoms with van der Waals surface area (Å²) in [5.74, 6) is -0.925. The third-order valence-electron chi connectivity index (χ3n) is 1.13. The molecule has 0 saturated carbocycles. The van der Waals surface area contributed by atoms with Crippen LogP contribution < -0.4 is 5.32 Å². The largest absolute Gasteiger partial charge is 0.480 e. The Bertz CT molecular complexity index is 277. The molecule has 0 radical (unpaired) electrons. The highest BCUT2D eigenvalue weighted by Crippen LogP contribution is 2.13. The maximum absolute atomic E-state index is 11.2. The van der Waals surface area contributed by atoms with Gasteiger partial charge in [-0.15, -0.1) is 0 Å². The molecule has 0 aliphatic carbocycles. The molecular weight excluding hydrogens is 202 g/mol. The first kappa shape index (κ1) is 13.3. The molecule has 0 aromatic rings. The fourth-order valence-electron chi connectivity index (χ4n) is 0.688. The van der Waals surface area contributed by atoms with Crippen LogP contribution in [0.5, 0.6) is 0 Å². The quantitative estimate of drug-likeness (QED) is 0.420. The lowest BCUT2D eigenvalue weighted by Gasteiger charge is -2.21. The minimum absolute atomic E-state index is 0.188. The van der Waals surface area contributed by atoms with Crippen LogP contribution in [0.25, 0.3) is 0 Å². The lowest BCUT2D eigenvalue weighted by Crippen LogP contribution is -2.25. The van der Waals surface area contributed by atoms with Crippen molar-refractivity contribution in [3.05, 3.63) is 12.0 Å². The van der Waals surface area contributed by atoms with Gasteiger partial charge in [0.2, 0.25) is 5.76 Å². The van der Waals surface area contributed by atoms with Gasteiger partial charge in [-0.2, -0.15) is 0 Å². The number of ether oxygens (including phenoxy) is 2. The summed E-state index contributed by atoms with van der Waals surface area (Å²) in [5, 5.41) is 10.3. The molecule has 0 aliphatic heterocycles. The molecule has 0 aliphatic rings. The molecule has 0 rings (SSSR count). The molecule has 1 amide bonds. The van der Waals surface area contributed by atoms with Crippen molar-refractivity contribution in [2.75, 3.05) is 7.11 Å². The number of carbonyl (C=O) groups excluding carboxylic acids is 1. The second-order valence-corrected chi connectivity index (χ2v) is 3.66. The lowest BCUT2D eigenvalue weighted by atomic mass is 10.2. The summed E-state index contributed by atoms with van der Waals surface area (Å²) in [7, 11) is 1.18. The van der Waals surface area contributed by atoms with Crippen LogP contribution in [0, 0.1) is 0 Å². The molecule has 0 fully saturated rings. The number of hydrogen-bond acceptors (Lipinski definition) is 4. The van der Waals surface area contributed by atoms with Crippen molar-refractivity contribution in [1.29, 1.82) is 0 Å². The second-order valence-electron chi connectivity index (χ2n) is 3.66. The molecule has 0 heterocycles. The zero-order valence-corrected chi connectivity index (χ0v) is 9.16. The number of rotatable bonds is 3. The Kier molecular flexibility index (Phi) is 4.63. The van der Waals surface area contributed by atoms with Crippen LogP contribution in [0.3, 0.4) is 0 Å². The molecule has 0 spiro atoms. The molecule has 86 valence electrons. The topological polar surface area (TPSA) is 84.9 Å². The number of amides is 1. The van der Waals surface area contributed by atoms with Gasteiger partial charge in [-0.25, -0.2) is 9.59 Å². The van der Waals surface area contributed by atoms with Gasteiger partial charge >= 0.3 is 12.1 Å². The van der Waals surface area contributed by atoms with E-state index >= 15 is 0 Å². The van der Waals surface area contributed by atoms with Gasteiger partial charge in [0.1, 0.15) is 5.60 Å². The van der Waals surface area contributed by atoms with Gasteiger partial charge in [0.25, 0.3) is 0 Å². The van der Waals surface area contributed by atoms with Crippen LogP contribution in [0.4, 0.5) is 4.79 Å². The minimum Gasteiger partial charge on any atom is -0.480 e. The van der Waals surface area contributed by atoms with Crippen molar-refractivity contribution >= 4 is 12.1 Å². The van der Waals surface area contributed by atoms with E-state index in [0.29, 0.717) is 0 Å². The number of esters is 1. The highest BCUT2D eigenvalue weighted by Gasteiger charge is 2.20. The third-order valence-corrected chi connectivity index (χ3v) is 1.13. The first-order valence-electron chi connectivity index (χ1n) is 4.23. The van der Waals surface area contributed by atoms with Crippen molar-refractivity contribution in [3.63, 3.8) is 0 Å². The number of carboxylic acid groups (broad SMARTS) is 1. The molecule has 6 heteroatoms. The summed E-state index contributed by atoms with van der Waals surface area (Å²) in [4.78, 5) is 21.4. The fourth-order valence-corrected chi connectivity index (χ4v) is 0.688. The predicted molar refractivity (Wildman–Crippen MR) is 52.1 cm³/mol. The van der Waals surface area contributed by atoms with E-state index in [4.69, 9.17) is 9.84 Å². The summed E-state index contributed by atoms with van der Waals surface area (Å²) in [6.45, 7) is 5.18. The zero-order valence-electron chi connectivity index (χ0n) is 9.16. The Hall–Kier alpha value is -1.72. The van der Waals surface area contributed by atoms with Gasteiger partial charge < -0.3 is 14.6 Å². The van der Waals surface area contributed by atoms with E-state index in [2.05, 4.69) is 4.74 Å². The normalized spacial score (nSPS) is 11.9. The van der Waals surface area contributed by atoms with E-state index in [1.807, 2.05) is 5.32 Å². The van der Waals surface area contributed by atoms with E-state index in [0.717, 1.165) is 6.20 Å². The highest BCUT2D eigenvalue weighted by molar-refractivity contribution is 5.86. The Morgan fingerprint density at radius 2 is 1.87 bits per heavy atom. The predicted octanol–water partition coefficient (Wildman–Crippen LogP) is 1.08. The summed E-state index contributed by atoms with van der Waals surface area (Å²) >= 11 is 0. The van der Waals surface area contributed by atoms with E-state index in [1.54, 1.807) is 20.8 Å². The van der Waals surface area contributed by atoms with Gasteiger partial charge in [0.05, 0.1) is 13.3 Å². The Labute approximate surface area is 87.9 Å². The van der Waals surface area contributed by atoms with Crippen LogP contribution in [-0.4, -0.2) is 29.9 Å². The molecule has 0 aromatic carbocycles. The molecule has 0 aromatic heterocycles. The average Bonchev–Trinajstić information content (AvgIpc) is 2.08. The minimum atomic E-state index is -1.28. The van der Waals surface area contributed by atoms with Gasteiger partial charge in [0.15, 0.2) is 0 Å². The summed E-state index contributed by atoms with van der Waals surface area (Å²) in [6, 6.07) is 0. The maximum Gasteiger partial charge on any atom is 0.408 e. The summed E-state index contributed by atoms with van der Waals surface area (Å²) in [5.41, 5.74) is -0.611. The van der Waals surface area contributed by atoms with Crippen LogP contribution in [0.2, 0.25) is 0 Å². The summed E-state index contributed by atoms with van der Waals surface area (Å²) < 4.78 is 9.63. The molecule has 15 heavy (non-hydrogen) atoms. The molecule has 0 bridgehead atoms. The van der Waals surface area contributed by atoms with Crippen LogP contribution >= 0.6 is 0 Å². The van der Waals surface area contributed by atoms with Crippen molar-refractivity contribution < 1.29 is 24.2 Å². The van der Waals surface area contributed by atoms with Crippen molar-refractivity contribution in [1.82, 2.24) is 5.32 Å². The highest BCUT2D eigenvalue weighted by atomic mass is 16.6. The van der Waals surface area contributed by atoms with Gasteiger partial charge in [-0.3, -0.25) is 5.32 Å². The monoisotopic (exact) mass is 217 g/mol. The maximum atomic E-state index is 11.2. The van der Waals surface area contributed by atoms with Crippen molar-refractivity contribution in [2.24, 2.45) is 0 Å². The average molecular weight is 217 g/mol. The van der Waals surface area contributed by atoms with E-state index in [1.165, 1.54) is 7.11 Å². The molecule has 0 atom stereocenters. The fraction of sp³-hybridized carbons (Fsp3) is 0.556. The molecule has 0 unspecified atom stereocenters. The van der Waals surface area contributed by atoms with Gasteiger partial charge in [0, 0.05) is 0 Å². The van der Waals surface area contributed by atoms with Crippen LogP contribution in [0.15, 0.2) is 12.0 Å². The van der Waals surface area contributed by atoms with Gasteiger partial charge in [-0.05, 0) is 20.8 Å².